The Morgan fingerprint density at radius 1 is 1.38 bits per heavy atom. The summed E-state index contributed by atoms with van der Waals surface area (Å²) in [6, 6.07) is 0. The average molecular weight is 245 g/mol. The largest absolute Gasteiger partial charge is 0.393 e. The van der Waals surface area contributed by atoms with Crippen LogP contribution in [-0.4, -0.2) is 47.8 Å². The molecule has 2 nitrogen and oxygen atoms in total. The van der Waals surface area contributed by atoms with Gasteiger partial charge >= 0.3 is 0 Å². The Labute approximate surface area is 105 Å². The lowest BCUT2D eigenvalue weighted by Crippen LogP contribution is -2.31. The van der Waals surface area contributed by atoms with Crippen molar-refractivity contribution < 1.29 is 5.11 Å². The van der Waals surface area contributed by atoms with E-state index in [1.807, 2.05) is 11.8 Å². The minimum absolute atomic E-state index is 0.0363. The van der Waals surface area contributed by atoms with Crippen molar-refractivity contribution in [1.29, 1.82) is 0 Å². The number of hydrogen-bond donors (Lipinski definition) is 1. The van der Waals surface area contributed by atoms with Gasteiger partial charge in [-0.3, -0.25) is 0 Å². The smallest absolute Gasteiger partial charge is 0.0580 e. The molecule has 1 aliphatic carbocycles. The normalized spacial score (nSPS) is 25.9. The van der Waals surface area contributed by atoms with Gasteiger partial charge in [-0.05, 0) is 37.5 Å². The molecule has 1 aliphatic rings. The lowest BCUT2D eigenvalue weighted by atomic mass is 10.1. The third-order valence-electron chi connectivity index (χ3n) is 3.23. The summed E-state index contributed by atoms with van der Waals surface area (Å²) in [6.07, 6.45) is 3.40. The zero-order valence-electron chi connectivity index (χ0n) is 11.0. The molecule has 0 aromatic rings. The van der Waals surface area contributed by atoms with Gasteiger partial charge in [0.2, 0.25) is 0 Å². The second-order valence-electron chi connectivity index (χ2n) is 5.49. The van der Waals surface area contributed by atoms with Crippen LogP contribution < -0.4 is 0 Å². The van der Waals surface area contributed by atoms with Crippen molar-refractivity contribution in [3.63, 3.8) is 0 Å². The van der Waals surface area contributed by atoms with Crippen molar-refractivity contribution in [2.24, 2.45) is 11.8 Å². The van der Waals surface area contributed by atoms with Gasteiger partial charge in [0, 0.05) is 18.8 Å². The fraction of sp³-hybridized carbons (Fsp3) is 1.00. The number of aliphatic hydroxyl groups is 1. The Morgan fingerprint density at radius 3 is 2.69 bits per heavy atom. The first-order valence-electron chi connectivity index (χ1n) is 6.54. The number of hydrogen-bond acceptors (Lipinski definition) is 3. The lowest BCUT2D eigenvalue weighted by molar-refractivity contribution is 0.111. The summed E-state index contributed by atoms with van der Waals surface area (Å²) >= 11 is 2.04. The highest BCUT2D eigenvalue weighted by molar-refractivity contribution is 7.99. The third-order valence-corrected chi connectivity index (χ3v) is 4.61. The first-order valence-corrected chi connectivity index (χ1v) is 7.69. The Balaban J connectivity index is 2.04. The molecule has 0 aliphatic heterocycles. The van der Waals surface area contributed by atoms with Crippen LogP contribution in [0.4, 0.5) is 0 Å². The molecule has 2 unspecified atom stereocenters. The molecular weight excluding hydrogens is 218 g/mol. The first-order chi connectivity index (χ1) is 7.59. The Morgan fingerprint density at radius 2 is 2.12 bits per heavy atom. The summed E-state index contributed by atoms with van der Waals surface area (Å²) < 4.78 is 0. The number of thioether (sulfide) groups is 1. The van der Waals surface area contributed by atoms with Crippen LogP contribution in [0.3, 0.4) is 0 Å². The lowest BCUT2D eigenvalue weighted by Gasteiger charge is -2.22. The molecule has 1 rings (SSSR count). The summed E-state index contributed by atoms with van der Waals surface area (Å²) in [5.41, 5.74) is 0. The van der Waals surface area contributed by atoms with Gasteiger partial charge in [-0.25, -0.2) is 0 Å². The van der Waals surface area contributed by atoms with Crippen LogP contribution in [0.15, 0.2) is 0 Å². The fourth-order valence-corrected chi connectivity index (χ4v) is 3.34. The second-order valence-corrected chi connectivity index (χ2v) is 6.64. The van der Waals surface area contributed by atoms with Crippen molar-refractivity contribution in [2.75, 3.05) is 31.6 Å². The van der Waals surface area contributed by atoms with E-state index in [1.54, 1.807) is 0 Å². The van der Waals surface area contributed by atoms with Crippen molar-refractivity contribution in [1.82, 2.24) is 4.90 Å². The molecule has 0 aromatic heterocycles. The Kier molecular flexibility index (Phi) is 6.78. The molecule has 16 heavy (non-hydrogen) atoms. The highest BCUT2D eigenvalue weighted by Crippen LogP contribution is 2.25. The van der Waals surface area contributed by atoms with Gasteiger partial charge < -0.3 is 10.0 Å². The summed E-state index contributed by atoms with van der Waals surface area (Å²) in [6.45, 7) is 6.77. The molecular formula is C13H27NOS. The number of nitrogens with zero attached hydrogens (tertiary/aromatic N) is 1. The van der Waals surface area contributed by atoms with Crippen LogP contribution in [0.25, 0.3) is 0 Å². The maximum absolute atomic E-state index is 9.75. The number of aliphatic hydroxyl groups excluding tert-OH is 1. The quantitative estimate of drug-likeness (QED) is 0.697. The van der Waals surface area contributed by atoms with Crippen LogP contribution in [-0.2, 0) is 0 Å². The van der Waals surface area contributed by atoms with E-state index >= 15 is 0 Å². The van der Waals surface area contributed by atoms with E-state index < -0.39 is 0 Å². The van der Waals surface area contributed by atoms with Gasteiger partial charge in [-0.1, -0.05) is 20.3 Å². The van der Waals surface area contributed by atoms with E-state index in [4.69, 9.17) is 0 Å². The Hall–Kier alpha value is 0.270. The summed E-state index contributed by atoms with van der Waals surface area (Å²) in [7, 11) is 2.18. The summed E-state index contributed by atoms with van der Waals surface area (Å²) in [4.78, 5) is 2.38. The molecule has 1 fully saturated rings. The fourth-order valence-electron chi connectivity index (χ4n) is 2.26. The van der Waals surface area contributed by atoms with E-state index in [2.05, 4.69) is 25.8 Å². The van der Waals surface area contributed by atoms with Gasteiger partial charge in [-0.15, -0.1) is 0 Å². The van der Waals surface area contributed by atoms with E-state index in [1.165, 1.54) is 24.3 Å². The molecule has 0 amide bonds. The minimum atomic E-state index is -0.0363. The van der Waals surface area contributed by atoms with Crippen LogP contribution in [0.2, 0.25) is 0 Å². The molecule has 0 heterocycles. The minimum Gasteiger partial charge on any atom is -0.393 e. The molecule has 0 bridgehead atoms. The van der Waals surface area contributed by atoms with Crippen LogP contribution >= 0.6 is 11.8 Å². The standard InChI is InChI=1S/C13H27NOS/c1-11(2)10-16-8-7-14(3)9-12-5-4-6-13(12)15/h11-13,15H,4-10H2,1-3H3. The molecule has 0 radical (unpaired) electrons. The van der Waals surface area contributed by atoms with Crippen molar-refractivity contribution >= 4 is 11.8 Å². The molecule has 1 N–H and O–H groups in total. The van der Waals surface area contributed by atoms with E-state index in [-0.39, 0.29) is 6.10 Å². The van der Waals surface area contributed by atoms with Crippen LogP contribution in [0, 0.1) is 11.8 Å². The van der Waals surface area contributed by atoms with Crippen molar-refractivity contribution in [2.45, 2.75) is 39.2 Å². The molecule has 96 valence electrons. The second kappa shape index (κ2) is 7.57. The van der Waals surface area contributed by atoms with Crippen molar-refractivity contribution in [3.05, 3.63) is 0 Å². The predicted molar refractivity (Wildman–Crippen MR) is 73.0 cm³/mol. The molecule has 0 aromatic carbocycles. The van der Waals surface area contributed by atoms with E-state index in [9.17, 15) is 5.11 Å². The molecule has 2 atom stereocenters. The molecule has 0 saturated heterocycles. The van der Waals surface area contributed by atoms with Crippen LogP contribution in [0.1, 0.15) is 33.1 Å². The molecule has 3 heteroatoms. The van der Waals surface area contributed by atoms with Gasteiger partial charge in [0.1, 0.15) is 0 Å². The maximum atomic E-state index is 9.75. The molecule has 0 spiro atoms. The molecule has 1 saturated carbocycles. The Bertz CT molecular complexity index is 187. The number of rotatable bonds is 7. The van der Waals surface area contributed by atoms with E-state index in [0.29, 0.717) is 5.92 Å². The van der Waals surface area contributed by atoms with Gasteiger partial charge in [-0.2, -0.15) is 11.8 Å². The van der Waals surface area contributed by atoms with E-state index in [0.717, 1.165) is 25.4 Å². The monoisotopic (exact) mass is 245 g/mol. The van der Waals surface area contributed by atoms with Gasteiger partial charge in [0.15, 0.2) is 0 Å². The van der Waals surface area contributed by atoms with Gasteiger partial charge in [0.05, 0.1) is 6.10 Å². The van der Waals surface area contributed by atoms with Gasteiger partial charge in [0.25, 0.3) is 0 Å². The summed E-state index contributed by atoms with van der Waals surface area (Å²) in [5, 5.41) is 9.75. The first kappa shape index (κ1) is 14.3. The highest BCUT2D eigenvalue weighted by atomic mass is 32.2. The predicted octanol–water partition coefficient (Wildman–Crippen LogP) is 2.47. The van der Waals surface area contributed by atoms with Crippen molar-refractivity contribution in [3.8, 4) is 0 Å². The SMILES string of the molecule is CC(C)CSCCN(C)CC1CCCC1O. The van der Waals surface area contributed by atoms with Crippen LogP contribution in [0.5, 0.6) is 0 Å². The zero-order chi connectivity index (χ0) is 12.0. The third kappa shape index (κ3) is 5.55. The summed E-state index contributed by atoms with van der Waals surface area (Å²) in [5.74, 6) is 3.81. The average Bonchev–Trinajstić information content (AvgIpc) is 2.59. The highest BCUT2D eigenvalue weighted by Gasteiger charge is 2.25. The maximum Gasteiger partial charge on any atom is 0.0580 e. The topological polar surface area (TPSA) is 23.5 Å². The zero-order valence-corrected chi connectivity index (χ0v) is 11.8.